The molecule has 0 atom stereocenters. The van der Waals surface area contributed by atoms with Crippen molar-refractivity contribution in [2.24, 2.45) is 0 Å². The predicted molar refractivity (Wildman–Crippen MR) is 70.9 cm³/mol. The van der Waals surface area contributed by atoms with Crippen LogP contribution < -0.4 is 4.90 Å². The van der Waals surface area contributed by atoms with E-state index >= 15 is 0 Å². The highest BCUT2D eigenvalue weighted by Crippen LogP contribution is 2.23. The van der Waals surface area contributed by atoms with Crippen LogP contribution in [0.4, 0.5) is 5.69 Å². The second kappa shape index (κ2) is 4.71. The van der Waals surface area contributed by atoms with E-state index < -0.39 is 0 Å². The summed E-state index contributed by atoms with van der Waals surface area (Å²) in [5.41, 5.74) is 4.16. The molecule has 0 fully saturated rings. The topological polar surface area (TPSA) is 27.0 Å². The van der Waals surface area contributed by atoms with Crippen LogP contribution >= 0.6 is 0 Å². The first-order chi connectivity index (χ1) is 8.20. The van der Waals surface area contributed by atoms with Gasteiger partial charge in [0.1, 0.15) is 0 Å². The summed E-state index contributed by atoms with van der Waals surface area (Å²) >= 11 is 0. The van der Waals surface area contributed by atoms with Crippen molar-refractivity contribution in [3.8, 4) is 17.2 Å². The molecule has 2 heteroatoms. The van der Waals surface area contributed by atoms with E-state index in [0.29, 0.717) is 5.56 Å². The minimum atomic E-state index is 0.692. The van der Waals surface area contributed by atoms with Gasteiger partial charge in [-0.1, -0.05) is 24.3 Å². The van der Waals surface area contributed by atoms with Crippen LogP contribution in [-0.2, 0) is 0 Å². The van der Waals surface area contributed by atoms with E-state index in [2.05, 4.69) is 29.2 Å². The van der Waals surface area contributed by atoms with E-state index in [1.807, 2.05) is 44.4 Å². The molecule has 0 spiro atoms. The largest absolute Gasteiger partial charge is 0.378 e. The maximum absolute atomic E-state index is 8.76. The van der Waals surface area contributed by atoms with Gasteiger partial charge < -0.3 is 4.90 Å². The third-order valence-corrected chi connectivity index (χ3v) is 2.71. The minimum Gasteiger partial charge on any atom is -0.378 e. The third kappa shape index (κ3) is 2.46. The van der Waals surface area contributed by atoms with Gasteiger partial charge >= 0.3 is 0 Å². The van der Waals surface area contributed by atoms with Crippen molar-refractivity contribution >= 4 is 5.69 Å². The molecule has 2 aromatic carbocycles. The number of nitriles is 1. The molecule has 0 aliphatic heterocycles. The fraction of sp³-hybridized carbons (Fsp3) is 0.133. The first kappa shape index (κ1) is 11.2. The zero-order valence-corrected chi connectivity index (χ0v) is 10.0. The fourth-order valence-electron chi connectivity index (χ4n) is 1.70. The standard InChI is InChI=1S/C15H14N2/c1-17(2)15-5-3-4-14(10-15)13-8-6-12(11-16)7-9-13/h3-10H,1-2H3. The SMILES string of the molecule is CN(C)c1cccc(-c2ccc(C#N)cc2)c1. The summed E-state index contributed by atoms with van der Waals surface area (Å²) in [7, 11) is 4.05. The van der Waals surface area contributed by atoms with Crippen molar-refractivity contribution < 1.29 is 0 Å². The Labute approximate surface area is 102 Å². The summed E-state index contributed by atoms with van der Waals surface area (Å²) in [6, 6.07) is 18.1. The van der Waals surface area contributed by atoms with Crippen LogP contribution in [0.15, 0.2) is 48.5 Å². The molecule has 0 radical (unpaired) electrons. The molecule has 0 aliphatic carbocycles. The predicted octanol–water partition coefficient (Wildman–Crippen LogP) is 3.29. The van der Waals surface area contributed by atoms with Crippen LogP contribution in [-0.4, -0.2) is 14.1 Å². The molecule has 17 heavy (non-hydrogen) atoms. The lowest BCUT2D eigenvalue weighted by Crippen LogP contribution is -2.08. The van der Waals surface area contributed by atoms with E-state index in [4.69, 9.17) is 5.26 Å². The van der Waals surface area contributed by atoms with Gasteiger partial charge in [0.25, 0.3) is 0 Å². The molecular formula is C15H14N2. The molecule has 2 nitrogen and oxygen atoms in total. The molecule has 0 aromatic heterocycles. The van der Waals surface area contributed by atoms with Gasteiger partial charge in [0.15, 0.2) is 0 Å². The maximum atomic E-state index is 8.76. The van der Waals surface area contributed by atoms with Crippen molar-refractivity contribution in [2.75, 3.05) is 19.0 Å². The number of nitrogens with zero attached hydrogens (tertiary/aromatic N) is 2. The van der Waals surface area contributed by atoms with E-state index in [-0.39, 0.29) is 0 Å². The average Bonchev–Trinajstić information content (AvgIpc) is 2.39. The molecule has 2 rings (SSSR count). The molecule has 0 heterocycles. The van der Waals surface area contributed by atoms with Gasteiger partial charge in [-0.3, -0.25) is 0 Å². The molecule has 0 N–H and O–H groups in total. The molecule has 0 aliphatic rings. The summed E-state index contributed by atoms with van der Waals surface area (Å²) in [4.78, 5) is 2.08. The molecule has 0 saturated carbocycles. The minimum absolute atomic E-state index is 0.692. The number of benzene rings is 2. The van der Waals surface area contributed by atoms with Gasteiger partial charge in [-0.15, -0.1) is 0 Å². The molecule has 84 valence electrons. The van der Waals surface area contributed by atoms with E-state index in [1.54, 1.807) is 0 Å². The summed E-state index contributed by atoms with van der Waals surface area (Å²) in [5.74, 6) is 0. The monoisotopic (exact) mass is 222 g/mol. The Morgan fingerprint density at radius 3 is 2.24 bits per heavy atom. The molecular weight excluding hydrogens is 208 g/mol. The van der Waals surface area contributed by atoms with Crippen LogP contribution in [0.2, 0.25) is 0 Å². The van der Waals surface area contributed by atoms with Crippen molar-refractivity contribution in [3.63, 3.8) is 0 Å². The summed E-state index contributed by atoms with van der Waals surface area (Å²) in [6.07, 6.45) is 0. The normalized spacial score (nSPS) is 9.71. The quantitative estimate of drug-likeness (QED) is 0.779. The maximum Gasteiger partial charge on any atom is 0.0991 e. The Bertz CT molecular complexity index is 548. The Morgan fingerprint density at radius 1 is 0.941 bits per heavy atom. The highest BCUT2D eigenvalue weighted by molar-refractivity contribution is 5.68. The van der Waals surface area contributed by atoms with Crippen molar-refractivity contribution in [1.29, 1.82) is 5.26 Å². The molecule has 2 aromatic rings. The zero-order chi connectivity index (χ0) is 12.3. The number of hydrogen-bond acceptors (Lipinski definition) is 2. The Morgan fingerprint density at radius 2 is 1.65 bits per heavy atom. The van der Waals surface area contributed by atoms with Crippen molar-refractivity contribution in [2.45, 2.75) is 0 Å². The lowest BCUT2D eigenvalue weighted by Gasteiger charge is -2.13. The van der Waals surface area contributed by atoms with E-state index in [9.17, 15) is 0 Å². The van der Waals surface area contributed by atoms with Gasteiger partial charge in [-0.25, -0.2) is 0 Å². The summed E-state index contributed by atoms with van der Waals surface area (Å²) < 4.78 is 0. The summed E-state index contributed by atoms with van der Waals surface area (Å²) in [5, 5.41) is 8.76. The Balaban J connectivity index is 2.39. The number of hydrogen-bond donors (Lipinski definition) is 0. The van der Waals surface area contributed by atoms with Crippen LogP contribution in [0.5, 0.6) is 0 Å². The van der Waals surface area contributed by atoms with E-state index in [0.717, 1.165) is 5.56 Å². The van der Waals surface area contributed by atoms with Crippen LogP contribution in [0.25, 0.3) is 11.1 Å². The van der Waals surface area contributed by atoms with Gasteiger partial charge in [0, 0.05) is 19.8 Å². The van der Waals surface area contributed by atoms with Crippen LogP contribution in [0.3, 0.4) is 0 Å². The first-order valence-corrected chi connectivity index (χ1v) is 5.48. The lowest BCUT2D eigenvalue weighted by atomic mass is 10.0. The fourth-order valence-corrected chi connectivity index (χ4v) is 1.70. The highest BCUT2D eigenvalue weighted by atomic mass is 15.1. The number of anilines is 1. The van der Waals surface area contributed by atoms with Crippen LogP contribution in [0, 0.1) is 11.3 Å². The summed E-state index contributed by atoms with van der Waals surface area (Å²) in [6.45, 7) is 0. The van der Waals surface area contributed by atoms with Gasteiger partial charge in [-0.05, 0) is 35.4 Å². The van der Waals surface area contributed by atoms with Gasteiger partial charge in [0.05, 0.1) is 11.6 Å². The smallest absolute Gasteiger partial charge is 0.0991 e. The van der Waals surface area contributed by atoms with Crippen molar-refractivity contribution in [3.05, 3.63) is 54.1 Å². The van der Waals surface area contributed by atoms with Gasteiger partial charge in [0.2, 0.25) is 0 Å². The van der Waals surface area contributed by atoms with Gasteiger partial charge in [-0.2, -0.15) is 5.26 Å². The molecule has 0 amide bonds. The molecule has 0 bridgehead atoms. The third-order valence-electron chi connectivity index (χ3n) is 2.71. The average molecular weight is 222 g/mol. The van der Waals surface area contributed by atoms with Crippen LogP contribution in [0.1, 0.15) is 5.56 Å². The highest BCUT2D eigenvalue weighted by Gasteiger charge is 2.00. The first-order valence-electron chi connectivity index (χ1n) is 5.48. The zero-order valence-electron chi connectivity index (χ0n) is 10.0. The van der Waals surface area contributed by atoms with Crippen molar-refractivity contribution in [1.82, 2.24) is 0 Å². The molecule has 0 saturated heterocycles. The second-order valence-electron chi connectivity index (χ2n) is 4.13. The lowest BCUT2D eigenvalue weighted by molar-refractivity contribution is 1.13. The van der Waals surface area contributed by atoms with E-state index in [1.165, 1.54) is 11.3 Å². The number of rotatable bonds is 2. The Hall–Kier alpha value is -2.27. The second-order valence-corrected chi connectivity index (χ2v) is 4.13. The Kier molecular flexibility index (Phi) is 3.11. The molecule has 0 unspecified atom stereocenters.